The number of amides is 1. The van der Waals surface area contributed by atoms with Crippen LogP contribution >= 0.6 is 0 Å². The summed E-state index contributed by atoms with van der Waals surface area (Å²) >= 11 is 0. The van der Waals surface area contributed by atoms with E-state index in [0.717, 1.165) is 51.7 Å². The van der Waals surface area contributed by atoms with E-state index in [1.807, 2.05) is 4.90 Å². The Hall–Kier alpha value is -1.14. The Morgan fingerprint density at radius 1 is 1.19 bits per heavy atom. The molecular weight excluding hydrogens is 272 g/mol. The standard InChI is InChI=1S/C15H26N2O4/c1-20-15(19)10-12-4-2-3-9-17(12)14(18)11-21-13-5-7-16-8-6-13/h12-13,16H,2-11H2,1H3. The Bertz CT molecular complexity index is 356. The Morgan fingerprint density at radius 2 is 1.95 bits per heavy atom. The zero-order chi connectivity index (χ0) is 15.1. The van der Waals surface area contributed by atoms with Gasteiger partial charge in [-0.2, -0.15) is 0 Å². The zero-order valence-corrected chi connectivity index (χ0v) is 12.8. The van der Waals surface area contributed by atoms with E-state index in [0.29, 0.717) is 0 Å². The van der Waals surface area contributed by atoms with Crippen molar-refractivity contribution >= 4 is 11.9 Å². The number of likely N-dealkylation sites (tertiary alicyclic amines) is 1. The molecule has 0 radical (unpaired) electrons. The fourth-order valence-electron chi connectivity index (χ4n) is 3.05. The highest BCUT2D eigenvalue weighted by atomic mass is 16.5. The molecule has 1 atom stereocenters. The summed E-state index contributed by atoms with van der Waals surface area (Å²) in [5.74, 6) is -0.249. The van der Waals surface area contributed by atoms with Gasteiger partial charge in [-0.3, -0.25) is 9.59 Å². The number of methoxy groups -OCH3 is 1. The number of nitrogens with one attached hydrogen (secondary N) is 1. The Balaban J connectivity index is 1.81. The van der Waals surface area contributed by atoms with Crippen LogP contribution in [-0.4, -0.2) is 62.3 Å². The van der Waals surface area contributed by atoms with Gasteiger partial charge < -0.3 is 19.7 Å². The van der Waals surface area contributed by atoms with Crippen LogP contribution in [0.1, 0.15) is 38.5 Å². The minimum atomic E-state index is -0.251. The molecule has 2 saturated heterocycles. The number of carbonyl (C=O) groups excluding carboxylic acids is 2. The summed E-state index contributed by atoms with van der Waals surface area (Å²) in [6.07, 6.45) is 5.30. The molecule has 2 aliphatic rings. The molecule has 2 rings (SSSR count). The minimum Gasteiger partial charge on any atom is -0.469 e. The van der Waals surface area contributed by atoms with Crippen LogP contribution in [0.2, 0.25) is 0 Å². The first-order chi connectivity index (χ1) is 10.2. The summed E-state index contributed by atoms with van der Waals surface area (Å²) in [7, 11) is 1.39. The average molecular weight is 298 g/mol. The van der Waals surface area contributed by atoms with Gasteiger partial charge in [0.05, 0.1) is 19.6 Å². The first-order valence-electron chi connectivity index (χ1n) is 7.89. The molecule has 0 saturated carbocycles. The smallest absolute Gasteiger partial charge is 0.307 e. The lowest BCUT2D eigenvalue weighted by Crippen LogP contribution is -2.47. The fraction of sp³-hybridized carbons (Fsp3) is 0.867. The molecule has 0 aromatic carbocycles. The van der Waals surface area contributed by atoms with Crippen LogP contribution in [0, 0.1) is 0 Å². The van der Waals surface area contributed by atoms with Crippen molar-refractivity contribution in [1.82, 2.24) is 10.2 Å². The number of hydrogen-bond donors (Lipinski definition) is 1. The summed E-state index contributed by atoms with van der Waals surface area (Å²) in [6, 6.07) is -0.0321. The molecule has 2 aliphatic heterocycles. The minimum absolute atomic E-state index is 0.00198. The highest BCUT2D eigenvalue weighted by Crippen LogP contribution is 2.20. The van der Waals surface area contributed by atoms with E-state index in [9.17, 15) is 9.59 Å². The van der Waals surface area contributed by atoms with Gasteiger partial charge in [0.2, 0.25) is 5.91 Å². The van der Waals surface area contributed by atoms with Gasteiger partial charge in [-0.15, -0.1) is 0 Å². The normalized spacial score (nSPS) is 23.9. The van der Waals surface area contributed by atoms with E-state index in [1.54, 1.807) is 0 Å². The van der Waals surface area contributed by atoms with Crippen molar-refractivity contribution in [2.45, 2.75) is 50.7 Å². The first-order valence-corrected chi connectivity index (χ1v) is 7.89. The topological polar surface area (TPSA) is 67.9 Å². The lowest BCUT2D eigenvalue weighted by Gasteiger charge is -2.35. The second kappa shape index (κ2) is 8.34. The van der Waals surface area contributed by atoms with Crippen molar-refractivity contribution in [3.05, 3.63) is 0 Å². The van der Waals surface area contributed by atoms with Gasteiger partial charge in [-0.1, -0.05) is 0 Å². The van der Waals surface area contributed by atoms with Gasteiger partial charge in [0.25, 0.3) is 0 Å². The third-order valence-electron chi connectivity index (χ3n) is 4.31. The Morgan fingerprint density at radius 3 is 2.67 bits per heavy atom. The molecule has 2 fully saturated rings. The molecule has 6 heteroatoms. The molecule has 0 aromatic heterocycles. The number of carbonyl (C=O) groups is 2. The molecule has 0 aromatic rings. The second-order valence-corrected chi connectivity index (χ2v) is 5.78. The van der Waals surface area contributed by atoms with E-state index >= 15 is 0 Å². The third kappa shape index (κ3) is 4.97. The van der Waals surface area contributed by atoms with Crippen LogP contribution in [0.4, 0.5) is 0 Å². The number of rotatable bonds is 5. The van der Waals surface area contributed by atoms with Crippen molar-refractivity contribution in [2.75, 3.05) is 33.4 Å². The monoisotopic (exact) mass is 298 g/mol. The molecule has 1 unspecified atom stereocenters. The van der Waals surface area contributed by atoms with Crippen molar-refractivity contribution in [3.8, 4) is 0 Å². The van der Waals surface area contributed by atoms with E-state index in [4.69, 9.17) is 9.47 Å². The SMILES string of the molecule is COC(=O)CC1CCCCN1C(=O)COC1CCNCC1. The Kier molecular flexibility index (Phi) is 6.45. The van der Waals surface area contributed by atoms with Gasteiger partial charge in [-0.25, -0.2) is 0 Å². The average Bonchev–Trinajstić information content (AvgIpc) is 2.54. The first kappa shape index (κ1) is 16.2. The fourth-order valence-corrected chi connectivity index (χ4v) is 3.05. The maximum Gasteiger partial charge on any atom is 0.307 e. The molecular formula is C15H26N2O4. The highest BCUT2D eigenvalue weighted by molar-refractivity contribution is 5.79. The van der Waals surface area contributed by atoms with Crippen LogP contribution in [0.3, 0.4) is 0 Å². The van der Waals surface area contributed by atoms with Crippen LogP contribution in [-0.2, 0) is 19.1 Å². The van der Waals surface area contributed by atoms with E-state index in [1.165, 1.54) is 7.11 Å². The summed E-state index contributed by atoms with van der Waals surface area (Å²) < 4.78 is 10.5. The van der Waals surface area contributed by atoms with Gasteiger partial charge in [-0.05, 0) is 45.2 Å². The van der Waals surface area contributed by atoms with Gasteiger partial charge >= 0.3 is 5.97 Å². The van der Waals surface area contributed by atoms with E-state index < -0.39 is 0 Å². The summed E-state index contributed by atoms with van der Waals surface area (Å²) in [5.41, 5.74) is 0. The molecule has 0 spiro atoms. The van der Waals surface area contributed by atoms with Crippen molar-refractivity contribution < 1.29 is 19.1 Å². The third-order valence-corrected chi connectivity index (χ3v) is 4.31. The molecule has 1 N–H and O–H groups in total. The van der Waals surface area contributed by atoms with Crippen molar-refractivity contribution in [1.29, 1.82) is 0 Å². The molecule has 0 bridgehead atoms. The summed E-state index contributed by atoms with van der Waals surface area (Å²) in [5, 5.41) is 3.27. The van der Waals surface area contributed by atoms with Crippen LogP contribution in [0.25, 0.3) is 0 Å². The predicted molar refractivity (Wildman–Crippen MR) is 77.8 cm³/mol. The largest absolute Gasteiger partial charge is 0.469 e. The number of hydrogen-bond acceptors (Lipinski definition) is 5. The maximum atomic E-state index is 12.4. The predicted octanol–water partition coefficient (Wildman–Crippen LogP) is 0.699. The van der Waals surface area contributed by atoms with Gasteiger partial charge in [0.15, 0.2) is 0 Å². The Labute approximate surface area is 126 Å². The van der Waals surface area contributed by atoms with E-state index in [2.05, 4.69) is 5.32 Å². The molecule has 2 heterocycles. The number of ether oxygens (including phenoxy) is 2. The van der Waals surface area contributed by atoms with Crippen molar-refractivity contribution in [3.63, 3.8) is 0 Å². The summed E-state index contributed by atoms with van der Waals surface area (Å²) in [6.45, 7) is 2.75. The van der Waals surface area contributed by atoms with Crippen LogP contribution in [0.15, 0.2) is 0 Å². The lowest BCUT2D eigenvalue weighted by atomic mass is 9.99. The quantitative estimate of drug-likeness (QED) is 0.757. The second-order valence-electron chi connectivity index (χ2n) is 5.78. The highest BCUT2D eigenvalue weighted by Gasteiger charge is 2.29. The maximum absolute atomic E-state index is 12.4. The zero-order valence-electron chi connectivity index (χ0n) is 12.8. The summed E-state index contributed by atoms with van der Waals surface area (Å²) in [4.78, 5) is 25.6. The molecule has 1 amide bonds. The molecule has 120 valence electrons. The molecule has 21 heavy (non-hydrogen) atoms. The number of piperidine rings is 2. The number of esters is 1. The molecule has 0 aliphatic carbocycles. The van der Waals surface area contributed by atoms with Gasteiger partial charge in [0, 0.05) is 12.6 Å². The van der Waals surface area contributed by atoms with Crippen molar-refractivity contribution in [2.24, 2.45) is 0 Å². The van der Waals surface area contributed by atoms with E-state index in [-0.39, 0.29) is 37.0 Å². The number of nitrogens with zero attached hydrogens (tertiary/aromatic N) is 1. The molecule has 6 nitrogen and oxygen atoms in total. The van der Waals surface area contributed by atoms with Crippen LogP contribution < -0.4 is 5.32 Å². The van der Waals surface area contributed by atoms with Crippen LogP contribution in [0.5, 0.6) is 0 Å². The lowest BCUT2D eigenvalue weighted by molar-refractivity contribution is -0.147. The van der Waals surface area contributed by atoms with Gasteiger partial charge in [0.1, 0.15) is 6.61 Å².